The summed E-state index contributed by atoms with van der Waals surface area (Å²) in [6, 6.07) is 13.8. The fraction of sp³-hybridized carbons (Fsp3) is 0.500. The molecule has 7 nitrogen and oxygen atoms in total. The van der Waals surface area contributed by atoms with Crippen LogP contribution in [0, 0.1) is 19.8 Å². The summed E-state index contributed by atoms with van der Waals surface area (Å²) in [5, 5.41) is 3.10. The minimum absolute atomic E-state index is 0.119. The lowest BCUT2D eigenvalue weighted by Gasteiger charge is -2.40. The number of piperidine rings is 1. The van der Waals surface area contributed by atoms with E-state index in [1.807, 2.05) is 31.2 Å². The lowest BCUT2D eigenvalue weighted by atomic mass is 9.75. The number of hydrogen-bond donors (Lipinski definition) is 1. The van der Waals surface area contributed by atoms with Crippen molar-refractivity contribution in [2.24, 2.45) is 5.92 Å². The highest BCUT2D eigenvalue weighted by atomic mass is 16.6. The van der Waals surface area contributed by atoms with E-state index in [2.05, 4.69) is 42.3 Å². The Kier molecular flexibility index (Phi) is 6.45. The predicted molar refractivity (Wildman–Crippen MR) is 134 cm³/mol. The van der Waals surface area contributed by atoms with Crippen molar-refractivity contribution in [2.45, 2.75) is 58.2 Å². The molecule has 0 spiro atoms. The van der Waals surface area contributed by atoms with Crippen LogP contribution in [0.5, 0.6) is 11.5 Å². The van der Waals surface area contributed by atoms with Crippen molar-refractivity contribution in [1.29, 1.82) is 0 Å². The molecule has 0 aliphatic carbocycles. The lowest BCUT2D eigenvalue weighted by Crippen LogP contribution is -2.56. The molecular formula is C28H35N3O4. The van der Waals surface area contributed by atoms with E-state index in [9.17, 15) is 9.59 Å². The van der Waals surface area contributed by atoms with Crippen molar-refractivity contribution in [1.82, 2.24) is 15.1 Å². The highest BCUT2D eigenvalue weighted by Gasteiger charge is 2.55. The number of aryl methyl sites for hydroxylation is 2. The van der Waals surface area contributed by atoms with Crippen LogP contribution >= 0.6 is 0 Å². The zero-order valence-corrected chi connectivity index (χ0v) is 20.9. The number of nitrogens with one attached hydrogen (secondary N) is 1. The van der Waals surface area contributed by atoms with Gasteiger partial charge in [0.2, 0.25) is 0 Å². The summed E-state index contributed by atoms with van der Waals surface area (Å²) < 4.78 is 11.8. The third kappa shape index (κ3) is 4.49. The number of para-hydroxylation sites is 2. The molecule has 2 fully saturated rings. The molecule has 0 radical (unpaired) electrons. The maximum atomic E-state index is 13.7. The Balaban J connectivity index is 1.23. The number of imide groups is 1. The molecule has 2 aromatic rings. The molecule has 0 bridgehead atoms. The average molecular weight is 478 g/mol. The van der Waals surface area contributed by atoms with E-state index in [0.29, 0.717) is 24.5 Å². The number of fused-ring (bicyclic) bond motifs is 1. The molecule has 35 heavy (non-hydrogen) atoms. The SMILES string of the molecule is CC[C@]1(C2CCN(Cc3cc(C)ccc3C)CC2)NC(=O)N(C[C@@H]2COc3ccccc3O2)C1=O. The highest BCUT2D eigenvalue weighted by Crippen LogP contribution is 2.37. The van der Waals surface area contributed by atoms with Gasteiger partial charge in [0.25, 0.3) is 5.91 Å². The van der Waals surface area contributed by atoms with Gasteiger partial charge in [0, 0.05) is 6.54 Å². The highest BCUT2D eigenvalue weighted by molar-refractivity contribution is 6.07. The van der Waals surface area contributed by atoms with E-state index in [4.69, 9.17) is 9.47 Å². The van der Waals surface area contributed by atoms with Gasteiger partial charge in [-0.1, -0.05) is 42.8 Å². The van der Waals surface area contributed by atoms with Crippen LogP contribution in [0.4, 0.5) is 4.79 Å². The summed E-state index contributed by atoms with van der Waals surface area (Å²) in [7, 11) is 0. The Labute approximate surface area is 207 Å². The minimum atomic E-state index is -0.837. The van der Waals surface area contributed by atoms with Crippen LogP contribution in [0.1, 0.15) is 42.9 Å². The zero-order chi connectivity index (χ0) is 24.6. The molecule has 2 saturated heterocycles. The second kappa shape index (κ2) is 9.53. The van der Waals surface area contributed by atoms with E-state index >= 15 is 0 Å². The zero-order valence-electron chi connectivity index (χ0n) is 20.9. The number of rotatable bonds is 6. The molecule has 7 heteroatoms. The Hall–Kier alpha value is -3.06. The van der Waals surface area contributed by atoms with E-state index in [1.165, 1.54) is 21.6 Å². The van der Waals surface area contributed by atoms with Gasteiger partial charge in [0.15, 0.2) is 17.6 Å². The van der Waals surface area contributed by atoms with Gasteiger partial charge < -0.3 is 14.8 Å². The van der Waals surface area contributed by atoms with Gasteiger partial charge >= 0.3 is 6.03 Å². The number of hydrogen-bond acceptors (Lipinski definition) is 5. The topological polar surface area (TPSA) is 71.1 Å². The Morgan fingerprint density at radius 3 is 2.54 bits per heavy atom. The molecule has 0 saturated carbocycles. The van der Waals surface area contributed by atoms with Gasteiger partial charge in [0.1, 0.15) is 12.1 Å². The number of carbonyl (C=O) groups is 2. The van der Waals surface area contributed by atoms with E-state index < -0.39 is 5.54 Å². The van der Waals surface area contributed by atoms with Crippen LogP contribution in [0.25, 0.3) is 0 Å². The van der Waals surface area contributed by atoms with Gasteiger partial charge in [-0.15, -0.1) is 0 Å². The summed E-state index contributed by atoms with van der Waals surface area (Å²) in [6.07, 6.45) is 1.97. The smallest absolute Gasteiger partial charge is 0.325 e. The lowest BCUT2D eigenvalue weighted by molar-refractivity contribution is -0.135. The Morgan fingerprint density at radius 1 is 1.06 bits per heavy atom. The number of ether oxygens (including phenoxy) is 2. The van der Waals surface area contributed by atoms with Crippen molar-refractivity contribution in [3.63, 3.8) is 0 Å². The summed E-state index contributed by atoms with van der Waals surface area (Å²) in [5.74, 6) is 1.33. The second-order valence-corrected chi connectivity index (χ2v) is 10.1. The third-order valence-electron chi connectivity index (χ3n) is 7.90. The van der Waals surface area contributed by atoms with Gasteiger partial charge in [-0.25, -0.2) is 4.79 Å². The number of amides is 3. The molecular weight excluding hydrogens is 442 g/mol. The van der Waals surface area contributed by atoms with Gasteiger partial charge in [-0.3, -0.25) is 14.6 Å². The van der Waals surface area contributed by atoms with Crippen molar-refractivity contribution < 1.29 is 19.1 Å². The first-order valence-electron chi connectivity index (χ1n) is 12.7. The average Bonchev–Trinajstić information content (AvgIpc) is 3.12. The maximum Gasteiger partial charge on any atom is 0.325 e. The normalized spacial score (nSPS) is 25.1. The molecule has 2 aromatic carbocycles. The summed E-state index contributed by atoms with van der Waals surface area (Å²) in [6.45, 7) is 9.54. The molecule has 0 unspecified atom stereocenters. The first-order valence-corrected chi connectivity index (χ1v) is 12.7. The van der Waals surface area contributed by atoms with Gasteiger partial charge in [-0.2, -0.15) is 0 Å². The van der Waals surface area contributed by atoms with E-state index in [1.54, 1.807) is 0 Å². The van der Waals surface area contributed by atoms with Crippen LogP contribution in [-0.2, 0) is 11.3 Å². The fourth-order valence-electron chi connectivity index (χ4n) is 5.77. The third-order valence-corrected chi connectivity index (χ3v) is 7.90. The van der Waals surface area contributed by atoms with Crippen molar-refractivity contribution in [2.75, 3.05) is 26.2 Å². The Bertz CT molecular complexity index is 1110. The van der Waals surface area contributed by atoms with Crippen molar-refractivity contribution in [3.8, 4) is 11.5 Å². The number of urea groups is 1. The molecule has 3 heterocycles. The number of likely N-dealkylation sites (tertiary alicyclic amines) is 1. The fourth-order valence-corrected chi connectivity index (χ4v) is 5.77. The van der Waals surface area contributed by atoms with Crippen molar-refractivity contribution >= 4 is 11.9 Å². The molecule has 3 aliphatic heterocycles. The van der Waals surface area contributed by atoms with E-state index in [0.717, 1.165) is 32.5 Å². The molecule has 3 aliphatic rings. The summed E-state index contributed by atoms with van der Waals surface area (Å²) in [4.78, 5) is 30.5. The van der Waals surface area contributed by atoms with Crippen molar-refractivity contribution in [3.05, 3.63) is 59.2 Å². The largest absolute Gasteiger partial charge is 0.486 e. The van der Waals surface area contributed by atoms with Crippen LogP contribution in [0.3, 0.4) is 0 Å². The first-order chi connectivity index (χ1) is 16.9. The summed E-state index contributed by atoms with van der Waals surface area (Å²) in [5.41, 5.74) is 3.12. The quantitative estimate of drug-likeness (QED) is 0.636. The number of carbonyl (C=O) groups excluding carboxylic acids is 2. The predicted octanol–water partition coefficient (Wildman–Crippen LogP) is 4.06. The van der Waals surface area contributed by atoms with Gasteiger partial charge in [0.05, 0.1) is 6.54 Å². The molecule has 186 valence electrons. The summed E-state index contributed by atoms with van der Waals surface area (Å²) >= 11 is 0. The standard InChI is InChI=1S/C28H35N3O4/c1-4-28(22-11-13-30(14-12-22)16-21-15-19(2)9-10-20(21)3)26(32)31(27(33)29-28)17-23-18-34-24-7-5-6-8-25(24)35-23/h5-10,15,22-23H,4,11-14,16-18H2,1-3H3,(H,29,33)/t23-,28-/m1/s1. The second-order valence-electron chi connectivity index (χ2n) is 10.1. The van der Waals surface area contributed by atoms with Gasteiger partial charge in [-0.05, 0) is 75.4 Å². The van der Waals surface area contributed by atoms with Crippen LogP contribution < -0.4 is 14.8 Å². The molecule has 1 N–H and O–H groups in total. The van der Waals surface area contributed by atoms with E-state index in [-0.39, 0.29) is 30.5 Å². The van der Waals surface area contributed by atoms with Crippen LogP contribution in [-0.4, -0.2) is 59.6 Å². The molecule has 0 aromatic heterocycles. The molecule has 3 amide bonds. The number of benzene rings is 2. The first kappa shape index (κ1) is 23.7. The number of nitrogens with zero attached hydrogens (tertiary/aromatic N) is 2. The minimum Gasteiger partial charge on any atom is -0.486 e. The maximum absolute atomic E-state index is 13.7. The molecule has 2 atom stereocenters. The van der Waals surface area contributed by atoms with Crippen LogP contribution in [0.2, 0.25) is 0 Å². The monoisotopic (exact) mass is 477 g/mol. The molecule has 5 rings (SSSR count). The van der Waals surface area contributed by atoms with Crippen LogP contribution in [0.15, 0.2) is 42.5 Å². The Morgan fingerprint density at radius 2 is 1.80 bits per heavy atom.